The molecule has 1 rings (SSSR count). The molecule has 2 nitrogen and oxygen atoms in total. The summed E-state index contributed by atoms with van der Waals surface area (Å²) in [5.74, 6) is 5.57. The molecule has 16 heavy (non-hydrogen) atoms. The summed E-state index contributed by atoms with van der Waals surface area (Å²) in [4.78, 5) is 4.08. The minimum absolute atomic E-state index is 0.0630. The number of hydrogen-bond acceptors (Lipinski definition) is 2. The molecule has 1 aromatic heterocycles. The van der Waals surface area contributed by atoms with Crippen molar-refractivity contribution in [1.29, 1.82) is 0 Å². The van der Waals surface area contributed by atoms with Crippen molar-refractivity contribution in [3.8, 4) is 11.8 Å². The predicted molar refractivity (Wildman–Crippen MR) is 63.3 cm³/mol. The molecular weight excluding hydrogens is 203 g/mol. The summed E-state index contributed by atoms with van der Waals surface area (Å²) in [6.07, 6.45) is 1.93. The normalized spacial score (nSPS) is 12.1. The van der Waals surface area contributed by atoms with E-state index in [2.05, 4.69) is 36.0 Å². The Morgan fingerprint density at radius 1 is 1.44 bits per heavy atom. The van der Waals surface area contributed by atoms with E-state index in [0.29, 0.717) is 12.5 Å². The molecule has 0 aliphatic heterocycles. The minimum Gasteiger partial charge on any atom is -0.306 e. The van der Waals surface area contributed by atoms with E-state index in [-0.39, 0.29) is 11.9 Å². The molecule has 0 spiro atoms. The van der Waals surface area contributed by atoms with Gasteiger partial charge in [0.1, 0.15) is 5.82 Å². The molecule has 0 fully saturated rings. The average molecular weight is 220 g/mol. The van der Waals surface area contributed by atoms with E-state index < -0.39 is 0 Å². The number of nitrogens with one attached hydrogen (secondary N) is 1. The highest BCUT2D eigenvalue weighted by atomic mass is 19.1. The second-order valence-electron chi connectivity index (χ2n) is 3.91. The van der Waals surface area contributed by atoms with Gasteiger partial charge in [-0.3, -0.25) is 4.98 Å². The van der Waals surface area contributed by atoms with Crippen LogP contribution in [0.1, 0.15) is 38.9 Å². The molecule has 0 saturated heterocycles. The van der Waals surface area contributed by atoms with Crippen LogP contribution in [0.2, 0.25) is 0 Å². The van der Waals surface area contributed by atoms with Gasteiger partial charge >= 0.3 is 0 Å². The van der Waals surface area contributed by atoms with Crippen LogP contribution in [0.4, 0.5) is 4.39 Å². The molecule has 1 aromatic rings. The molecule has 86 valence electrons. The van der Waals surface area contributed by atoms with Crippen molar-refractivity contribution in [1.82, 2.24) is 10.3 Å². The van der Waals surface area contributed by atoms with Gasteiger partial charge in [0, 0.05) is 12.5 Å². The van der Waals surface area contributed by atoms with Crippen LogP contribution < -0.4 is 5.32 Å². The summed E-state index contributed by atoms with van der Waals surface area (Å²) in [7, 11) is 0. The van der Waals surface area contributed by atoms with Crippen LogP contribution in [-0.4, -0.2) is 11.0 Å². The molecule has 1 heterocycles. The first-order valence-electron chi connectivity index (χ1n) is 5.40. The fourth-order valence-corrected chi connectivity index (χ4v) is 1.45. The lowest BCUT2D eigenvalue weighted by atomic mass is 10.1. The van der Waals surface area contributed by atoms with Crippen molar-refractivity contribution >= 4 is 0 Å². The predicted octanol–water partition coefficient (Wildman–Crippen LogP) is 2.67. The lowest BCUT2D eigenvalue weighted by Gasteiger charge is -2.18. The molecular formula is C13H17FN2. The molecule has 1 atom stereocenters. The van der Waals surface area contributed by atoms with Crippen molar-refractivity contribution < 1.29 is 4.39 Å². The van der Waals surface area contributed by atoms with Crippen LogP contribution in [0.15, 0.2) is 18.3 Å². The van der Waals surface area contributed by atoms with Crippen LogP contribution in [-0.2, 0) is 0 Å². The molecule has 1 N–H and O–H groups in total. The Bertz CT molecular complexity index is 373. The molecule has 0 radical (unpaired) electrons. The van der Waals surface area contributed by atoms with Gasteiger partial charge in [-0.25, -0.2) is 4.39 Å². The number of nitrogens with zero attached hydrogens (tertiary/aromatic N) is 1. The van der Waals surface area contributed by atoms with Gasteiger partial charge in [-0.15, -0.1) is 11.8 Å². The van der Waals surface area contributed by atoms with Crippen LogP contribution in [0.25, 0.3) is 0 Å². The fraction of sp³-hybridized carbons (Fsp3) is 0.462. The van der Waals surface area contributed by atoms with Crippen LogP contribution >= 0.6 is 0 Å². The van der Waals surface area contributed by atoms with Gasteiger partial charge < -0.3 is 5.32 Å². The van der Waals surface area contributed by atoms with E-state index in [4.69, 9.17) is 0 Å². The maximum atomic E-state index is 12.8. The second kappa shape index (κ2) is 6.24. The molecule has 0 aliphatic carbocycles. The smallest absolute Gasteiger partial charge is 0.141 e. The Kier molecular flexibility index (Phi) is 4.94. The van der Waals surface area contributed by atoms with E-state index in [1.807, 2.05) is 6.92 Å². The van der Waals surface area contributed by atoms with Gasteiger partial charge in [-0.05, 0) is 19.1 Å². The van der Waals surface area contributed by atoms with Gasteiger partial charge in [0.25, 0.3) is 0 Å². The average Bonchev–Trinajstić information content (AvgIpc) is 2.25. The highest BCUT2D eigenvalue weighted by molar-refractivity contribution is 5.13. The van der Waals surface area contributed by atoms with Gasteiger partial charge in [0.05, 0.1) is 17.9 Å². The van der Waals surface area contributed by atoms with E-state index in [1.54, 1.807) is 6.07 Å². The first-order chi connectivity index (χ1) is 7.63. The van der Waals surface area contributed by atoms with Crippen molar-refractivity contribution in [3.63, 3.8) is 0 Å². The Hall–Kier alpha value is -1.40. The number of halogens is 1. The number of pyridine rings is 1. The molecule has 0 aromatic carbocycles. The maximum absolute atomic E-state index is 12.8. The number of hydrogen-bond donors (Lipinski definition) is 1. The molecule has 0 amide bonds. The Morgan fingerprint density at radius 2 is 2.19 bits per heavy atom. The van der Waals surface area contributed by atoms with Crippen LogP contribution in [0, 0.1) is 17.7 Å². The minimum atomic E-state index is -0.311. The number of rotatable bonds is 4. The lowest BCUT2D eigenvalue weighted by Crippen LogP contribution is -2.28. The Labute approximate surface area is 96.3 Å². The van der Waals surface area contributed by atoms with Crippen molar-refractivity contribution in [3.05, 3.63) is 29.8 Å². The van der Waals surface area contributed by atoms with Crippen molar-refractivity contribution in [2.45, 2.75) is 39.3 Å². The zero-order valence-electron chi connectivity index (χ0n) is 9.92. The third-order valence-corrected chi connectivity index (χ3v) is 2.12. The van der Waals surface area contributed by atoms with Crippen molar-refractivity contribution in [2.75, 3.05) is 0 Å². The Morgan fingerprint density at radius 3 is 2.69 bits per heavy atom. The van der Waals surface area contributed by atoms with Gasteiger partial charge in [-0.1, -0.05) is 13.8 Å². The van der Waals surface area contributed by atoms with Crippen LogP contribution in [0.3, 0.4) is 0 Å². The third kappa shape index (κ3) is 4.00. The highest BCUT2D eigenvalue weighted by Crippen LogP contribution is 2.14. The van der Waals surface area contributed by atoms with E-state index >= 15 is 0 Å². The molecule has 1 unspecified atom stereocenters. The molecule has 0 bridgehead atoms. The van der Waals surface area contributed by atoms with Gasteiger partial charge in [-0.2, -0.15) is 0 Å². The zero-order chi connectivity index (χ0) is 12.0. The monoisotopic (exact) mass is 220 g/mol. The lowest BCUT2D eigenvalue weighted by molar-refractivity contribution is 0.474. The van der Waals surface area contributed by atoms with Gasteiger partial charge in [0.2, 0.25) is 0 Å². The maximum Gasteiger partial charge on any atom is 0.141 e. The highest BCUT2D eigenvalue weighted by Gasteiger charge is 2.12. The summed E-state index contributed by atoms with van der Waals surface area (Å²) >= 11 is 0. The second-order valence-corrected chi connectivity index (χ2v) is 3.91. The fourth-order valence-electron chi connectivity index (χ4n) is 1.45. The summed E-state index contributed by atoms with van der Waals surface area (Å²) in [5, 5.41) is 3.36. The third-order valence-electron chi connectivity index (χ3n) is 2.12. The van der Waals surface area contributed by atoms with Gasteiger partial charge in [0.15, 0.2) is 0 Å². The topological polar surface area (TPSA) is 24.9 Å². The standard InChI is InChI=1S/C13H17FN2/c1-4-5-6-13(16-10(2)3)12-8-7-11(14)9-15-12/h7-10,13,16H,6H2,1-3H3. The zero-order valence-corrected chi connectivity index (χ0v) is 9.92. The molecule has 0 saturated carbocycles. The summed E-state index contributed by atoms with van der Waals surface area (Å²) in [5.41, 5.74) is 0.831. The summed E-state index contributed by atoms with van der Waals surface area (Å²) < 4.78 is 12.8. The van der Waals surface area contributed by atoms with E-state index in [9.17, 15) is 4.39 Å². The largest absolute Gasteiger partial charge is 0.306 e. The summed E-state index contributed by atoms with van der Waals surface area (Å²) in [6.45, 7) is 5.94. The molecule has 0 aliphatic rings. The Balaban J connectivity index is 2.81. The first kappa shape index (κ1) is 12.7. The SMILES string of the molecule is CC#CCC(NC(C)C)c1ccc(F)cn1. The van der Waals surface area contributed by atoms with Crippen LogP contribution in [0.5, 0.6) is 0 Å². The first-order valence-corrected chi connectivity index (χ1v) is 5.40. The van der Waals surface area contributed by atoms with E-state index in [1.165, 1.54) is 12.3 Å². The number of aromatic nitrogens is 1. The summed E-state index contributed by atoms with van der Waals surface area (Å²) in [6, 6.07) is 3.53. The quantitative estimate of drug-likeness (QED) is 0.789. The van der Waals surface area contributed by atoms with Crippen molar-refractivity contribution in [2.24, 2.45) is 0 Å². The van der Waals surface area contributed by atoms with E-state index in [0.717, 1.165) is 5.69 Å². The molecule has 3 heteroatoms.